The monoisotopic (exact) mass is 210 g/mol. The Labute approximate surface area is 105 Å². The molecule has 0 saturated carbocycles. The van der Waals surface area contributed by atoms with Crippen LogP contribution >= 0.6 is 0 Å². The van der Waals surface area contributed by atoms with Crippen molar-refractivity contribution in [2.24, 2.45) is 0 Å². The van der Waals surface area contributed by atoms with Crippen molar-refractivity contribution in [2.75, 3.05) is 7.11 Å². The van der Waals surface area contributed by atoms with Gasteiger partial charge in [-0.3, -0.25) is 0 Å². The predicted octanol–water partition coefficient (Wildman–Crippen LogP) is -4.81. The van der Waals surface area contributed by atoms with Crippen molar-refractivity contribution in [1.82, 2.24) is 0 Å². The largest absolute Gasteiger partial charge is 1.00 e. The molecule has 0 fully saturated rings. The van der Waals surface area contributed by atoms with Gasteiger partial charge in [-0.1, -0.05) is 12.1 Å². The third-order valence-corrected chi connectivity index (χ3v) is 1.31. The molecule has 3 nitrogen and oxygen atoms in total. The van der Waals surface area contributed by atoms with Gasteiger partial charge in [-0.25, -0.2) is 4.79 Å². The number of benzene rings is 1. The van der Waals surface area contributed by atoms with Gasteiger partial charge in [-0.15, -0.1) is 0 Å². The third kappa shape index (κ3) is 4.00. The number of hydrogen-bond donors (Lipinski definition) is 1. The van der Waals surface area contributed by atoms with E-state index in [-0.39, 0.29) is 53.3 Å². The third-order valence-electron chi connectivity index (χ3n) is 1.31. The molecule has 0 aliphatic carbocycles. The van der Waals surface area contributed by atoms with Gasteiger partial charge in [0.1, 0.15) is 11.3 Å². The number of phenolic OH excluding ortho intramolecular Hbond substituents is 1. The van der Waals surface area contributed by atoms with Crippen LogP contribution in [0.5, 0.6) is 5.75 Å². The number of methoxy groups -OCH3 is 1. The molecule has 1 aromatic carbocycles. The van der Waals surface area contributed by atoms with Crippen LogP contribution in [0.4, 0.5) is 0 Å². The second-order valence-electron chi connectivity index (χ2n) is 2.01. The van der Waals surface area contributed by atoms with Crippen LogP contribution in [-0.4, -0.2) is 18.2 Å². The summed E-state index contributed by atoms with van der Waals surface area (Å²) in [5, 5.41) is 9.11. The van der Waals surface area contributed by atoms with Crippen molar-refractivity contribution in [3.05, 3.63) is 29.8 Å². The average molecular weight is 211 g/mol. The van der Waals surface area contributed by atoms with E-state index in [1.807, 2.05) is 0 Å². The average Bonchev–Trinajstić information content (AvgIpc) is 2.04. The molecule has 0 bridgehead atoms. The first-order chi connectivity index (χ1) is 5.25. The molecule has 0 radical (unpaired) electrons. The van der Waals surface area contributed by atoms with Crippen molar-refractivity contribution in [3.63, 3.8) is 0 Å². The molecule has 0 aromatic heterocycles. The van der Waals surface area contributed by atoms with E-state index in [0.717, 1.165) is 0 Å². The first kappa shape index (κ1) is 15.3. The summed E-state index contributed by atoms with van der Waals surface area (Å²) in [6.07, 6.45) is 0. The van der Waals surface area contributed by atoms with Gasteiger partial charge < -0.3 is 22.3 Å². The summed E-state index contributed by atoms with van der Waals surface area (Å²) < 4.78 is 4.42. The van der Waals surface area contributed by atoms with Crippen molar-refractivity contribution < 1.29 is 56.6 Å². The molecule has 0 saturated heterocycles. The Bertz CT molecular complexity index is 278. The zero-order chi connectivity index (χ0) is 8.27. The van der Waals surface area contributed by atoms with Crippen LogP contribution in [0.2, 0.25) is 0 Å². The Hall–Kier alpha value is -0.220. The number of halogens is 1. The maximum absolute atomic E-state index is 10.9. The number of carbonyl (C=O) groups is 1. The quantitative estimate of drug-likeness (QED) is 0.374. The van der Waals surface area contributed by atoms with Crippen LogP contribution in [-0.2, 0) is 4.74 Å². The zero-order valence-corrected chi connectivity index (χ0v) is 10.2. The molecule has 1 N–H and O–H groups in total. The molecular formula is C8H8ClNaO3. The molecule has 0 amide bonds. The van der Waals surface area contributed by atoms with Crippen LogP contribution in [0.3, 0.4) is 0 Å². The summed E-state index contributed by atoms with van der Waals surface area (Å²) in [7, 11) is 1.27. The summed E-state index contributed by atoms with van der Waals surface area (Å²) in [6, 6.07) is 6.24. The Morgan fingerprint density at radius 3 is 2.38 bits per heavy atom. The molecule has 5 heteroatoms. The molecule has 0 spiro atoms. The number of phenols is 1. The minimum Gasteiger partial charge on any atom is -1.00 e. The Morgan fingerprint density at radius 1 is 1.38 bits per heavy atom. The molecule has 1 rings (SSSR count). The minimum absolute atomic E-state index is 0. The van der Waals surface area contributed by atoms with Crippen LogP contribution in [0.15, 0.2) is 24.3 Å². The van der Waals surface area contributed by atoms with Gasteiger partial charge in [0, 0.05) is 0 Å². The molecule has 66 valence electrons. The van der Waals surface area contributed by atoms with E-state index in [0.29, 0.717) is 0 Å². The molecule has 13 heavy (non-hydrogen) atoms. The topological polar surface area (TPSA) is 46.5 Å². The normalized spacial score (nSPS) is 7.77. The number of aromatic hydroxyl groups is 1. The molecule has 0 atom stereocenters. The van der Waals surface area contributed by atoms with E-state index in [9.17, 15) is 4.79 Å². The van der Waals surface area contributed by atoms with Crippen molar-refractivity contribution in [3.8, 4) is 5.75 Å². The maximum Gasteiger partial charge on any atom is 1.00 e. The summed E-state index contributed by atoms with van der Waals surface area (Å²) in [5.74, 6) is -0.581. The van der Waals surface area contributed by atoms with Crippen LogP contribution < -0.4 is 42.0 Å². The molecular weight excluding hydrogens is 203 g/mol. The zero-order valence-electron chi connectivity index (χ0n) is 7.45. The van der Waals surface area contributed by atoms with E-state index < -0.39 is 5.97 Å². The van der Waals surface area contributed by atoms with Gasteiger partial charge in [0.15, 0.2) is 0 Å². The molecule has 0 aliphatic rings. The number of ether oxygens (including phenoxy) is 1. The summed E-state index contributed by atoms with van der Waals surface area (Å²) in [4.78, 5) is 10.9. The van der Waals surface area contributed by atoms with Crippen molar-refractivity contribution in [2.45, 2.75) is 0 Å². The second-order valence-corrected chi connectivity index (χ2v) is 2.01. The first-order valence-corrected chi connectivity index (χ1v) is 3.12. The SMILES string of the molecule is COC(=O)c1ccccc1O.[Cl-].[Na+]. The fraction of sp³-hybridized carbons (Fsp3) is 0.125. The fourth-order valence-corrected chi connectivity index (χ4v) is 0.756. The summed E-state index contributed by atoms with van der Waals surface area (Å²) in [6.45, 7) is 0. The van der Waals surface area contributed by atoms with Crippen molar-refractivity contribution in [1.29, 1.82) is 0 Å². The van der Waals surface area contributed by atoms with Gasteiger partial charge in [0.05, 0.1) is 7.11 Å². The first-order valence-electron chi connectivity index (χ1n) is 3.12. The Morgan fingerprint density at radius 2 is 1.92 bits per heavy atom. The number of para-hydroxylation sites is 1. The number of rotatable bonds is 1. The van der Waals surface area contributed by atoms with E-state index in [2.05, 4.69) is 4.74 Å². The molecule has 1 aromatic rings. The van der Waals surface area contributed by atoms with E-state index in [1.54, 1.807) is 12.1 Å². The standard InChI is InChI=1S/C8H8O3.ClH.Na/c1-11-8(10)6-4-2-3-5-7(6)9;;/h2-5,9H,1H3;1H;/q;;+1/p-1. The predicted molar refractivity (Wildman–Crippen MR) is 39.4 cm³/mol. The number of carbonyl (C=O) groups excluding carboxylic acids is 1. The van der Waals surface area contributed by atoms with Gasteiger partial charge in [-0.2, -0.15) is 0 Å². The molecule has 0 aliphatic heterocycles. The Kier molecular flexibility index (Phi) is 8.46. The van der Waals surface area contributed by atoms with Crippen molar-refractivity contribution >= 4 is 5.97 Å². The van der Waals surface area contributed by atoms with Gasteiger partial charge in [0.25, 0.3) is 0 Å². The Balaban J connectivity index is 0. The van der Waals surface area contributed by atoms with Gasteiger partial charge in [-0.05, 0) is 12.1 Å². The number of esters is 1. The molecule has 0 unspecified atom stereocenters. The summed E-state index contributed by atoms with van der Waals surface area (Å²) in [5.41, 5.74) is 0.190. The number of hydrogen-bond acceptors (Lipinski definition) is 3. The van der Waals surface area contributed by atoms with E-state index in [4.69, 9.17) is 5.11 Å². The van der Waals surface area contributed by atoms with E-state index >= 15 is 0 Å². The van der Waals surface area contributed by atoms with Gasteiger partial charge in [0.2, 0.25) is 0 Å². The van der Waals surface area contributed by atoms with Gasteiger partial charge >= 0.3 is 35.5 Å². The second kappa shape index (κ2) is 7.21. The minimum atomic E-state index is -0.525. The maximum atomic E-state index is 10.9. The van der Waals surface area contributed by atoms with Crippen LogP contribution in [0, 0.1) is 0 Å². The fourth-order valence-electron chi connectivity index (χ4n) is 0.756. The van der Waals surface area contributed by atoms with Crippen LogP contribution in [0.25, 0.3) is 0 Å². The molecule has 0 heterocycles. The van der Waals surface area contributed by atoms with Crippen LogP contribution in [0.1, 0.15) is 10.4 Å². The van der Waals surface area contributed by atoms with E-state index in [1.165, 1.54) is 19.2 Å². The summed E-state index contributed by atoms with van der Waals surface area (Å²) >= 11 is 0. The smallest absolute Gasteiger partial charge is 1.00 e.